The molecule has 5 heteroatoms. The predicted molar refractivity (Wildman–Crippen MR) is 106 cm³/mol. The summed E-state index contributed by atoms with van der Waals surface area (Å²) in [6.07, 6.45) is 2.28. The van der Waals surface area contributed by atoms with E-state index in [1.165, 1.54) is 0 Å². The number of nitrogens with zero attached hydrogens (tertiary/aromatic N) is 2. The molecule has 4 rings (SSSR count). The molecule has 2 heterocycles. The van der Waals surface area contributed by atoms with E-state index >= 15 is 0 Å². The molecule has 1 aromatic heterocycles. The van der Waals surface area contributed by atoms with Crippen LogP contribution in [0.3, 0.4) is 0 Å². The van der Waals surface area contributed by atoms with Crippen LogP contribution >= 0.6 is 15.9 Å². The van der Waals surface area contributed by atoms with Crippen LogP contribution in [0.2, 0.25) is 0 Å². The van der Waals surface area contributed by atoms with Crippen molar-refractivity contribution in [2.24, 2.45) is 4.99 Å². The third-order valence-corrected chi connectivity index (χ3v) is 5.02. The van der Waals surface area contributed by atoms with E-state index in [-0.39, 0.29) is 18.0 Å². The summed E-state index contributed by atoms with van der Waals surface area (Å²) in [5.41, 5.74) is 3.70. The number of aromatic nitrogens is 1. The fraction of sp³-hybridized carbons (Fsp3) is 0.143. The van der Waals surface area contributed by atoms with Gasteiger partial charge < -0.3 is 5.11 Å². The first-order chi connectivity index (χ1) is 12.7. The Labute approximate surface area is 160 Å². The molecule has 0 unspecified atom stereocenters. The largest absolute Gasteiger partial charge is 0.507 e. The van der Waals surface area contributed by atoms with Gasteiger partial charge in [0.1, 0.15) is 11.9 Å². The van der Waals surface area contributed by atoms with Crippen LogP contribution in [0.25, 0.3) is 0 Å². The Bertz CT molecular complexity index is 926. The Morgan fingerprint density at radius 2 is 1.73 bits per heavy atom. The molecular weight excluding hydrogens is 390 g/mol. The molecule has 0 saturated heterocycles. The van der Waals surface area contributed by atoms with Crippen molar-refractivity contribution in [2.45, 2.75) is 18.6 Å². The molecule has 0 amide bonds. The molecule has 0 aliphatic carbocycles. The number of para-hydroxylation sites is 1. The maximum atomic E-state index is 10.3. The number of phenols is 1. The Balaban J connectivity index is 1.75. The highest BCUT2D eigenvalue weighted by Crippen LogP contribution is 2.32. The summed E-state index contributed by atoms with van der Waals surface area (Å²) >= 11 is 3.48. The fourth-order valence-electron chi connectivity index (χ4n) is 3.17. The smallest absolute Gasteiger partial charge is 0.126 e. The minimum atomic E-state index is -0.196. The third kappa shape index (κ3) is 3.54. The Hall–Kier alpha value is -2.50. The van der Waals surface area contributed by atoms with E-state index in [0.717, 1.165) is 27.0 Å². The molecule has 4 nitrogen and oxygen atoms in total. The third-order valence-electron chi connectivity index (χ3n) is 4.49. The minimum Gasteiger partial charge on any atom is -0.507 e. The van der Waals surface area contributed by atoms with Crippen LogP contribution in [0.4, 0.5) is 0 Å². The summed E-state index contributed by atoms with van der Waals surface area (Å²) < 4.78 is 1.03. The van der Waals surface area contributed by atoms with Crippen molar-refractivity contribution in [1.82, 2.24) is 10.3 Å². The zero-order valence-electron chi connectivity index (χ0n) is 14.0. The Morgan fingerprint density at radius 3 is 2.46 bits per heavy atom. The lowest BCUT2D eigenvalue weighted by Crippen LogP contribution is -2.33. The maximum Gasteiger partial charge on any atom is 0.126 e. The summed E-state index contributed by atoms with van der Waals surface area (Å²) in [7, 11) is 0. The molecule has 130 valence electrons. The lowest BCUT2D eigenvalue weighted by Gasteiger charge is -2.30. The van der Waals surface area contributed by atoms with Gasteiger partial charge >= 0.3 is 0 Å². The van der Waals surface area contributed by atoms with Crippen molar-refractivity contribution >= 4 is 21.6 Å². The van der Waals surface area contributed by atoms with Crippen molar-refractivity contribution in [3.8, 4) is 5.75 Å². The van der Waals surface area contributed by atoms with Gasteiger partial charge in [-0.2, -0.15) is 0 Å². The van der Waals surface area contributed by atoms with Crippen molar-refractivity contribution in [2.75, 3.05) is 0 Å². The first-order valence-corrected chi connectivity index (χ1v) is 9.27. The molecule has 3 aromatic rings. The normalized spacial score (nSPS) is 19.8. The van der Waals surface area contributed by atoms with Crippen molar-refractivity contribution in [3.05, 3.63) is 94.2 Å². The number of halogens is 1. The SMILES string of the molecule is Oc1ccccc1C1=N[C@@H](c2ccc(Br)cc2)N[C@@H](c2ccccn2)C1. The summed E-state index contributed by atoms with van der Waals surface area (Å²) in [5.74, 6) is 0.252. The van der Waals surface area contributed by atoms with E-state index in [1.807, 2.05) is 48.5 Å². The number of rotatable bonds is 3. The zero-order chi connectivity index (χ0) is 17.9. The molecule has 1 aliphatic rings. The van der Waals surface area contributed by atoms with Crippen LogP contribution in [0, 0.1) is 0 Å². The molecule has 0 fully saturated rings. The summed E-state index contributed by atoms with van der Waals surface area (Å²) in [5, 5.41) is 13.9. The van der Waals surface area contributed by atoms with Gasteiger partial charge in [-0.25, -0.2) is 0 Å². The number of aliphatic imine (C=N–C) groups is 1. The number of hydrogen-bond acceptors (Lipinski definition) is 4. The van der Waals surface area contributed by atoms with Crippen LogP contribution in [-0.4, -0.2) is 15.8 Å². The van der Waals surface area contributed by atoms with Gasteiger partial charge in [0, 0.05) is 22.7 Å². The summed E-state index contributed by atoms with van der Waals surface area (Å²) in [6.45, 7) is 0. The molecule has 26 heavy (non-hydrogen) atoms. The molecule has 1 aliphatic heterocycles. The van der Waals surface area contributed by atoms with E-state index in [0.29, 0.717) is 6.42 Å². The second kappa shape index (κ2) is 7.40. The highest BCUT2D eigenvalue weighted by atomic mass is 79.9. The van der Waals surface area contributed by atoms with Gasteiger partial charge in [-0.05, 0) is 42.0 Å². The standard InChI is InChI=1S/C21H18BrN3O/c22-15-10-8-14(9-11-15)21-24-18(16-5-1-2-7-20(16)26)13-19(25-21)17-6-3-4-12-23-17/h1-12,19,21,25-26H,13H2/t19-,21-/m1/s1. The minimum absolute atomic E-state index is 0.0250. The lowest BCUT2D eigenvalue weighted by atomic mass is 9.96. The van der Waals surface area contributed by atoms with Crippen LogP contribution in [0.15, 0.2) is 82.4 Å². The maximum absolute atomic E-state index is 10.3. The fourth-order valence-corrected chi connectivity index (χ4v) is 3.44. The van der Waals surface area contributed by atoms with Gasteiger partial charge in [0.2, 0.25) is 0 Å². The van der Waals surface area contributed by atoms with Crippen LogP contribution < -0.4 is 5.32 Å². The topological polar surface area (TPSA) is 57.5 Å². The second-order valence-electron chi connectivity index (χ2n) is 6.23. The molecule has 2 aromatic carbocycles. The predicted octanol–water partition coefficient (Wildman–Crippen LogP) is 4.77. The number of benzene rings is 2. The molecular formula is C21H18BrN3O. The van der Waals surface area contributed by atoms with Crippen LogP contribution in [0.1, 0.15) is 35.4 Å². The zero-order valence-corrected chi connectivity index (χ0v) is 15.6. The number of pyridine rings is 1. The van der Waals surface area contributed by atoms with Crippen molar-refractivity contribution in [1.29, 1.82) is 0 Å². The average molecular weight is 408 g/mol. The van der Waals surface area contributed by atoms with E-state index in [1.54, 1.807) is 12.3 Å². The first-order valence-electron chi connectivity index (χ1n) is 8.48. The highest BCUT2D eigenvalue weighted by molar-refractivity contribution is 9.10. The van der Waals surface area contributed by atoms with E-state index in [2.05, 4.69) is 38.4 Å². The summed E-state index contributed by atoms with van der Waals surface area (Å²) in [4.78, 5) is 9.40. The van der Waals surface area contributed by atoms with Crippen LogP contribution in [0.5, 0.6) is 5.75 Å². The highest BCUT2D eigenvalue weighted by Gasteiger charge is 2.27. The quantitative estimate of drug-likeness (QED) is 0.656. The van der Waals surface area contributed by atoms with E-state index in [4.69, 9.17) is 4.99 Å². The first kappa shape index (κ1) is 16.9. The van der Waals surface area contributed by atoms with Gasteiger partial charge in [0.25, 0.3) is 0 Å². The molecule has 0 saturated carbocycles. The van der Waals surface area contributed by atoms with Crippen molar-refractivity contribution in [3.63, 3.8) is 0 Å². The molecule has 0 spiro atoms. The number of nitrogens with one attached hydrogen (secondary N) is 1. The number of phenolic OH excluding ortho intramolecular Hbond substituents is 1. The second-order valence-corrected chi connectivity index (χ2v) is 7.14. The van der Waals surface area contributed by atoms with Gasteiger partial charge in [0.15, 0.2) is 0 Å². The average Bonchev–Trinajstić information content (AvgIpc) is 2.69. The molecule has 0 bridgehead atoms. The van der Waals surface area contributed by atoms with Gasteiger partial charge in [0.05, 0.1) is 17.4 Å². The molecule has 2 atom stereocenters. The van der Waals surface area contributed by atoms with E-state index in [9.17, 15) is 5.11 Å². The van der Waals surface area contributed by atoms with Crippen LogP contribution in [-0.2, 0) is 0 Å². The monoisotopic (exact) mass is 407 g/mol. The molecule has 2 N–H and O–H groups in total. The van der Waals surface area contributed by atoms with Gasteiger partial charge in [-0.1, -0.05) is 46.3 Å². The van der Waals surface area contributed by atoms with Gasteiger partial charge in [-0.3, -0.25) is 15.3 Å². The number of aromatic hydroxyl groups is 1. The van der Waals surface area contributed by atoms with Gasteiger partial charge in [-0.15, -0.1) is 0 Å². The van der Waals surface area contributed by atoms with Crippen molar-refractivity contribution < 1.29 is 5.11 Å². The summed E-state index contributed by atoms with van der Waals surface area (Å²) in [6, 6.07) is 21.4. The Kier molecular flexibility index (Phi) is 4.82. The lowest BCUT2D eigenvalue weighted by molar-refractivity contribution is 0.432. The van der Waals surface area contributed by atoms with E-state index < -0.39 is 0 Å². The molecule has 0 radical (unpaired) electrons. The Morgan fingerprint density at radius 1 is 0.962 bits per heavy atom. The number of hydrogen-bond donors (Lipinski definition) is 2.